The van der Waals surface area contributed by atoms with Crippen LogP contribution in [0.2, 0.25) is 0 Å². The maximum atomic E-state index is 12.6. The minimum Gasteiger partial charge on any atom is -0.496 e. The molecular weight excluding hydrogens is 423 g/mol. The van der Waals surface area contributed by atoms with E-state index in [9.17, 15) is 4.79 Å². The van der Waals surface area contributed by atoms with Crippen molar-refractivity contribution in [3.8, 4) is 5.75 Å². The molecule has 2 heterocycles. The predicted molar refractivity (Wildman–Crippen MR) is 101 cm³/mol. The number of amides is 1. The second-order valence-electron chi connectivity index (χ2n) is 5.86. The van der Waals surface area contributed by atoms with Gasteiger partial charge in [0.1, 0.15) is 16.9 Å². The number of anilines is 1. The van der Waals surface area contributed by atoms with E-state index in [2.05, 4.69) is 39.3 Å². The number of benzene rings is 1. The number of carbonyl (C=O) groups excluding carboxylic acids is 1. The van der Waals surface area contributed by atoms with Crippen molar-refractivity contribution < 1.29 is 9.53 Å². The number of thiophene rings is 1. The summed E-state index contributed by atoms with van der Waals surface area (Å²) < 4.78 is 6.34. The fraction of sp³-hybridized carbons (Fsp3) is 0.353. The zero-order valence-corrected chi connectivity index (χ0v) is 15.7. The number of hydrogen-bond donors (Lipinski definition) is 2. The summed E-state index contributed by atoms with van der Waals surface area (Å²) in [6, 6.07) is 5.99. The number of aryl methyl sites for hydroxylation is 1. The van der Waals surface area contributed by atoms with Gasteiger partial charge in [-0.3, -0.25) is 4.79 Å². The molecule has 0 fully saturated rings. The summed E-state index contributed by atoms with van der Waals surface area (Å²) in [5.41, 5.74) is 3.19. The van der Waals surface area contributed by atoms with Crippen molar-refractivity contribution in [2.75, 3.05) is 12.4 Å². The number of fused-ring (bicyclic) bond motifs is 3. The van der Waals surface area contributed by atoms with E-state index in [1.807, 2.05) is 12.1 Å². The molecule has 0 saturated heterocycles. The Morgan fingerprint density at radius 2 is 2.09 bits per heavy atom. The summed E-state index contributed by atoms with van der Waals surface area (Å²) in [6.07, 6.45) is 4.36. The van der Waals surface area contributed by atoms with Gasteiger partial charge in [-0.15, -0.1) is 11.3 Å². The first-order valence-corrected chi connectivity index (χ1v) is 9.62. The Bertz CT molecular complexity index is 787. The molecule has 1 unspecified atom stereocenters. The number of hydrogen-bond acceptors (Lipinski definition) is 4. The van der Waals surface area contributed by atoms with Crippen LogP contribution < -0.4 is 15.4 Å². The topological polar surface area (TPSA) is 50.4 Å². The van der Waals surface area contributed by atoms with Gasteiger partial charge in [0.05, 0.1) is 16.2 Å². The van der Waals surface area contributed by atoms with Gasteiger partial charge in [-0.2, -0.15) is 0 Å². The molecule has 4 rings (SSSR count). The van der Waals surface area contributed by atoms with Gasteiger partial charge in [-0.25, -0.2) is 0 Å². The average molecular weight is 440 g/mol. The number of nitrogens with one attached hydrogen (secondary N) is 2. The van der Waals surface area contributed by atoms with Gasteiger partial charge in [0.15, 0.2) is 0 Å². The third-order valence-electron chi connectivity index (χ3n) is 4.46. The lowest BCUT2D eigenvalue weighted by Gasteiger charge is -2.27. The lowest BCUT2D eigenvalue weighted by molar-refractivity contribution is 0.0935. The molecule has 120 valence electrons. The van der Waals surface area contributed by atoms with Gasteiger partial charge < -0.3 is 15.4 Å². The molecule has 2 N–H and O–H groups in total. The molecule has 0 bridgehead atoms. The van der Waals surface area contributed by atoms with Gasteiger partial charge in [-0.05, 0) is 71.5 Å². The van der Waals surface area contributed by atoms with Crippen LogP contribution in [0.1, 0.15) is 45.4 Å². The van der Waals surface area contributed by atoms with E-state index in [4.69, 9.17) is 4.74 Å². The summed E-state index contributed by atoms with van der Waals surface area (Å²) in [5.74, 6) is 0.901. The van der Waals surface area contributed by atoms with Crippen molar-refractivity contribution in [1.82, 2.24) is 5.32 Å². The van der Waals surface area contributed by atoms with Crippen molar-refractivity contribution in [1.29, 1.82) is 0 Å². The van der Waals surface area contributed by atoms with Crippen LogP contribution in [0, 0.1) is 3.57 Å². The van der Waals surface area contributed by atoms with E-state index in [0.29, 0.717) is 0 Å². The summed E-state index contributed by atoms with van der Waals surface area (Å²) in [5, 5.41) is 7.63. The highest BCUT2D eigenvalue weighted by Gasteiger charge is 2.32. The molecule has 1 atom stereocenters. The molecule has 1 aliphatic heterocycles. The summed E-state index contributed by atoms with van der Waals surface area (Å²) >= 11 is 4.01. The molecule has 0 spiro atoms. The number of carbonyl (C=O) groups is 1. The number of halogens is 1. The minimum absolute atomic E-state index is 0.0500. The van der Waals surface area contributed by atoms with E-state index >= 15 is 0 Å². The fourth-order valence-corrected chi connectivity index (χ4v) is 5.38. The van der Waals surface area contributed by atoms with Crippen molar-refractivity contribution in [2.45, 2.75) is 31.8 Å². The molecule has 6 heteroatoms. The second-order valence-corrected chi connectivity index (χ2v) is 8.13. The number of ether oxygens (including phenoxy) is 1. The van der Waals surface area contributed by atoms with Gasteiger partial charge in [0, 0.05) is 4.88 Å². The third-order valence-corrected chi connectivity index (χ3v) is 6.52. The molecular formula is C17H17IN2O2S. The maximum absolute atomic E-state index is 12.6. The Morgan fingerprint density at radius 3 is 2.87 bits per heavy atom. The molecule has 1 amide bonds. The molecule has 1 aliphatic carbocycles. The second kappa shape index (κ2) is 5.98. The number of rotatable bonds is 2. The van der Waals surface area contributed by atoms with Gasteiger partial charge in [0.25, 0.3) is 5.91 Å². The smallest absolute Gasteiger partial charge is 0.256 e. The highest BCUT2D eigenvalue weighted by Crippen LogP contribution is 2.41. The molecule has 1 aromatic heterocycles. The lowest BCUT2D eigenvalue weighted by Crippen LogP contribution is -2.38. The van der Waals surface area contributed by atoms with Gasteiger partial charge in [0.2, 0.25) is 0 Å². The Balaban J connectivity index is 1.68. The standard InChI is InChI=1S/C17H17IN2O2S/c1-22-12-7-6-9(8-11(12)18)15-19-16(21)14-10-4-2-3-5-13(10)23-17(14)20-15/h6-8,15,20H,2-5H2,1H3,(H,19,21). The van der Waals surface area contributed by atoms with Crippen LogP contribution >= 0.6 is 33.9 Å². The zero-order valence-electron chi connectivity index (χ0n) is 12.7. The average Bonchev–Trinajstić information content (AvgIpc) is 2.93. The van der Waals surface area contributed by atoms with E-state index < -0.39 is 0 Å². The number of methoxy groups -OCH3 is 1. The van der Waals surface area contributed by atoms with Crippen LogP contribution in [-0.4, -0.2) is 13.0 Å². The van der Waals surface area contributed by atoms with Crippen molar-refractivity contribution in [3.05, 3.63) is 43.3 Å². The molecule has 4 nitrogen and oxygen atoms in total. The van der Waals surface area contributed by atoms with Crippen LogP contribution in [0.25, 0.3) is 0 Å². The zero-order chi connectivity index (χ0) is 16.0. The normalized spacial score (nSPS) is 19.4. The van der Waals surface area contributed by atoms with Crippen LogP contribution in [0.4, 0.5) is 5.00 Å². The molecule has 0 saturated carbocycles. The Kier molecular flexibility index (Phi) is 3.96. The van der Waals surface area contributed by atoms with E-state index in [1.165, 1.54) is 23.3 Å². The maximum Gasteiger partial charge on any atom is 0.256 e. The first-order valence-electron chi connectivity index (χ1n) is 7.72. The van der Waals surface area contributed by atoms with Gasteiger partial charge in [-0.1, -0.05) is 6.07 Å². The first-order chi connectivity index (χ1) is 11.2. The highest BCUT2D eigenvalue weighted by molar-refractivity contribution is 14.1. The van der Waals surface area contributed by atoms with E-state index in [1.54, 1.807) is 18.4 Å². The SMILES string of the molecule is COc1ccc(C2NC(=O)c3c(sc4c3CCCC4)N2)cc1I. The molecule has 1 aromatic carbocycles. The summed E-state index contributed by atoms with van der Waals surface area (Å²) in [7, 11) is 1.67. The summed E-state index contributed by atoms with van der Waals surface area (Å²) in [4.78, 5) is 14.0. The van der Waals surface area contributed by atoms with Crippen LogP contribution in [0.5, 0.6) is 5.75 Å². The van der Waals surface area contributed by atoms with Crippen LogP contribution in [0.15, 0.2) is 18.2 Å². The van der Waals surface area contributed by atoms with Crippen molar-refractivity contribution in [2.24, 2.45) is 0 Å². The fourth-order valence-electron chi connectivity index (χ4n) is 3.31. The Hall–Kier alpha value is -1.28. The monoisotopic (exact) mass is 440 g/mol. The van der Waals surface area contributed by atoms with Crippen molar-refractivity contribution >= 4 is 44.8 Å². The summed E-state index contributed by atoms with van der Waals surface area (Å²) in [6.45, 7) is 0. The largest absolute Gasteiger partial charge is 0.496 e. The minimum atomic E-state index is -0.186. The quantitative estimate of drug-likeness (QED) is 0.692. The lowest BCUT2D eigenvalue weighted by atomic mass is 9.94. The Morgan fingerprint density at radius 1 is 1.26 bits per heavy atom. The molecule has 23 heavy (non-hydrogen) atoms. The van der Waals surface area contributed by atoms with E-state index in [0.717, 1.165) is 38.3 Å². The van der Waals surface area contributed by atoms with E-state index in [-0.39, 0.29) is 12.1 Å². The van der Waals surface area contributed by atoms with Crippen molar-refractivity contribution in [3.63, 3.8) is 0 Å². The molecule has 2 aliphatic rings. The molecule has 0 radical (unpaired) electrons. The van der Waals surface area contributed by atoms with Gasteiger partial charge >= 0.3 is 0 Å². The van der Waals surface area contributed by atoms with Crippen LogP contribution in [-0.2, 0) is 12.8 Å². The third kappa shape index (κ3) is 2.61. The predicted octanol–water partition coefficient (Wildman–Crippen LogP) is 4.09. The Labute approximate surface area is 152 Å². The molecule has 2 aromatic rings. The van der Waals surface area contributed by atoms with Crippen LogP contribution in [0.3, 0.4) is 0 Å². The highest BCUT2D eigenvalue weighted by atomic mass is 127. The first kappa shape index (κ1) is 15.3.